The van der Waals surface area contributed by atoms with Gasteiger partial charge in [-0.3, -0.25) is 9.59 Å². The first kappa shape index (κ1) is 19.3. The minimum Gasteiger partial charge on any atom is -0.378 e. The Morgan fingerprint density at radius 1 is 0.931 bits per heavy atom. The van der Waals surface area contributed by atoms with Crippen molar-refractivity contribution in [2.75, 3.05) is 60.4 Å². The zero-order valence-corrected chi connectivity index (χ0v) is 16.8. The van der Waals surface area contributed by atoms with E-state index in [1.807, 2.05) is 67.5 Å². The molecule has 0 spiro atoms. The molecule has 0 saturated carbocycles. The normalized spacial score (nSPS) is 19.6. The van der Waals surface area contributed by atoms with E-state index < -0.39 is 6.04 Å². The largest absolute Gasteiger partial charge is 0.378 e. The van der Waals surface area contributed by atoms with Gasteiger partial charge >= 0.3 is 0 Å². The van der Waals surface area contributed by atoms with Crippen molar-refractivity contribution in [2.45, 2.75) is 12.5 Å². The number of ether oxygens (including phenoxy) is 1. The predicted octanol–water partition coefficient (Wildman–Crippen LogP) is 2.33. The van der Waals surface area contributed by atoms with Crippen LogP contribution in [0.15, 0.2) is 48.5 Å². The highest BCUT2D eigenvalue weighted by molar-refractivity contribution is 6.23. The van der Waals surface area contributed by atoms with E-state index in [-0.39, 0.29) is 18.2 Å². The molecule has 2 heterocycles. The van der Waals surface area contributed by atoms with E-state index in [1.165, 1.54) is 4.90 Å². The van der Waals surface area contributed by atoms with Crippen molar-refractivity contribution in [1.82, 2.24) is 0 Å². The van der Waals surface area contributed by atoms with Crippen LogP contribution in [0.25, 0.3) is 0 Å². The van der Waals surface area contributed by atoms with Crippen LogP contribution in [-0.4, -0.2) is 58.3 Å². The van der Waals surface area contributed by atoms with Gasteiger partial charge in [0, 0.05) is 44.2 Å². The summed E-state index contributed by atoms with van der Waals surface area (Å²) in [5.41, 5.74) is 3.59. The van der Waals surface area contributed by atoms with E-state index >= 15 is 0 Å². The Bertz CT molecular complexity index is 874. The van der Waals surface area contributed by atoms with Crippen LogP contribution in [0.3, 0.4) is 0 Å². The van der Waals surface area contributed by atoms with Crippen LogP contribution in [0.2, 0.25) is 0 Å². The Labute approximate surface area is 170 Å². The first-order valence-corrected chi connectivity index (χ1v) is 9.86. The Morgan fingerprint density at radius 3 is 2.17 bits per heavy atom. The number of carbonyl (C=O) groups is 2. The Kier molecular flexibility index (Phi) is 5.40. The number of carbonyl (C=O) groups excluding carboxylic acids is 2. The van der Waals surface area contributed by atoms with Gasteiger partial charge in [-0.05, 0) is 48.5 Å². The lowest BCUT2D eigenvalue weighted by atomic mass is 10.2. The summed E-state index contributed by atoms with van der Waals surface area (Å²) >= 11 is 0. The zero-order valence-electron chi connectivity index (χ0n) is 16.8. The summed E-state index contributed by atoms with van der Waals surface area (Å²) in [6, 6.07) is 14.9. The second kappa shape index (κ2) is 8.13. The molecule has 1 N–H and O–H groups in total. The fraction of sp³-hybridized carbons (Fsp3) is 0.364. The topological polar surface area (TPSA) is 65.1 Å². The number of nitrogens with one attached hydrogen (secondary N) is 1. The lowest BCUT2D eigenvalue weighted by Gasteiger charge is -2.29. The number of hydrogen-bond acceptors (Lipinski definition) is 6. The van der Waals surface area contributed by atoms with Crippen LogP contribution in [0, 0.1) is 0 Å². The zero-order chi connectivity index (χ0) is 20.4. The molecule has 152 valence electrons. The second-order valence-corrected chi connectivity index (χ2v) is 7.53. The molecule has 0 radical (unpaired) electrons. The summed E-state index contributed by atoms with van der Waals surface area (Å²) < 4.78 is 5.39. The third-order valence-electron chi connectivity index (χ3n) is 5.36. The molecule has 2 aromatic carbocycles. The molecule has 4 rings (SSSR count). The van der Waals surface area contributed by atoms with Gasteiger partial charge in [-0.25, -0.2) is 4.90 Å². The molecule has 0 unspecified atom stereocenters. The smallest absolute Gasteiger partial charge is 0.256 e. The molecule has 0 aliphatic carbocycles. The number of morpholine rings is 1. The minimum absolute atomic E-state index is 0.152. The van der Waals surface area contributed by atoms with Gasteiger partial charge in [-0.2, -0.15) is 0 Å². The van der Waals surface area contributed by atoms with Gasteiger partial charge in [0.05, 0.1) is 25.3 Å². The van der Waals surface area contributed by atoms with E-state index in [2.05, 4.69) is 10.2 Å². The van der Waals surface area contributed by atoms with Crippen molar-refractivity contribution in [3.8, 4) is 0 Å². The number of rotatable bonds is 5. The summed E-state index contributed by atoms with van der Waals surface area (Å²) in [7, 11) is 3.90. The second-order valence-electron chi connectivity index (χ2n) is 7.53. The summed E-state index contributed by atoms with van der Waals surface area (Å²) in [6.45, 7) is 3.24. The molecular formula is C22H26N4O3. The Balaban J connectivity index is 1.43. The molecule has 1 atom stereocenters. The van der Waals surface area contributed by atoms with E-state index in [4.69, 9.17) is 4.74 Å². The van der Waals surface area contributed by atoms with E-state index in [0.717, 1.165) is 43.4 Å². The van der Waals surface area contributed by atoms with Crippen molar-refractivity contribution < 1.29 is 14.3 Å². The third kappa shape index (κ3) is 4.05. The molecule has 0 bridgehead atoms. The SMILES string of the molecule is CN(C)c1ccc(N2C(=O)C[C@@H](Nc3ccc(N4CCOCC4)cc3)C2=O)cc1. The average molecular weight is 394 g/mol. The third-order valence-corrected chi connectivity index (χ3v) is 5.36. The van der Waals surface area contributed by atoms with Gasteiger partial charge in [0.2, 0.25) is 5.91 Å². The van der Waals surface area contributed by atoms with E-state index in [9.17, 15) is 9.59 Å². The fourth-order valence-corrected chi connectivity index (χ4v) is 3.71. The number of nitrogens with zero attached hydrogens (tertiary/aromatic N) is 3. The molecule has 2 aliphatic rings. The molecule has 2 aliphatic heterocycles. The first-order valence-electron chi connectivity index (χ1n) is 9.86. The monoisotopic (exact) mass is 394 g/mol. The van der Waals surface area contributed by atoms with Crippen molar-refractivity contribution in [1.29, 1.82) is 0 Å². The first-order chi connectivity index (χ1) is 14.0. The van der Waals surface area contributed by atoms with Crippen molar-refractivity contribution in [2.24, 2.45) is 0 Å². The van der Waals surface area contributed by atoms with Crippen LogP contribution in [0.5, 0.6) is 0 Å². The highest BCUT2D eigenvalue weighted by Crippen LogP contribution is 2.27. The summed E-state index contributed by atoms with van der Waals surface area (Å²) in [4.78, 5) is 30.9. The average Bonchev–Trinajstić information content (AvgIpc) is 3.02. The van der Waals surface area contributed by atoms with Gasteiger partial charge in [0.15, 0.2) is 0 Å². The lowest BCUT2D eigenvalue weighted by Crippen LogP contribution is -2.36. The molecule has 2 amide bonds. The Hall–Kier alpha value is -3.06. The van der Waals surface area contributed by atoms with Crippen LogP contribution in [0.1, 0.15) is 6.42 Å². The predicted molar refractivity (Wildman–Crippen MR) is 115 cm³/mol. The molecule has 7 nitrogen and oxygen atoms in total. The molecular weight excluding hydrogens is 368 g/mol. The van der Waals surface area contributed by atoms with Gasteiger partial charge in [-0.15, -0.1) is 0 Å². The van der Waals surface area contributed by atoms with Crippen molar-refractivity contribution in [3.63, 3.8) is 0 Å². The van der Waals surface area contributed by atoms with Gasteiger partial charge in [0.25, 0.3) is 5.91 Å². The molecule has 2 saturated heterocycles. The highest BCUT2D eigenvalue weighted by atomic mass is 16.5. The van der Waals surface area contributed by atoms with Crippen LogP contribution < -0.4 is 20.0 Å². The number of benzene rings is 2. The Morgan fingerprint density at radius 2 is 1.55 bits per heavy atom. The van der Waals surface area contributed by atoms with E-state index in [1.54, 1.807) is 0 Å². The van der Waals surface area contributed by atoms with E-state index in [0.29, 0.717) is 5.69 Å². The molecule has 2 aromatic rings. The van der Waals surface area contributed by atoms with Crippen molar-refractivity contribution >= 4 is 34.6 Å². The minimum atomic E-state index is -0.551. The van der Waals surface area contributed by atoms with Gasteiger partial charge in [0.1, 0.15) is 6.04 Å². The fourth-order valence-electron chi connectivity index (χ4n) is 3.71. The maximum Gasteiger partial charge on any atom is 0.256 e. The summed E-state index contributed by atoms with van der Waals surface area (Å²) in [5, 5.41) is 3.22. The van der Waals surface area contributed by atoms with Crippen LogP contribution in [-0.2, 0) is 14.3 Å². The maximum absolute atomic E-state index is 12.9. The quantitative estimate of drug-likeness (QED) is 0.786. The van der Waals surface area contributed by atoms with Gasteiger partial charge < -0.3 is 19.9 Å². The maximum atomic E-state index is 12.9. The number of imide groups is 1. The van der Waals surface area contributed by atoms with Crippen LogP contribution >= 0.6 is 0 Å². The number of amides is 2. The standard InChI is InChI=1S/C22H26N4O3/c1-24(2)17-7-9-19(10-8-17)26-21(27)15-20(22(26)28)23-16-3-5-18(6-4-16)25-11-13-29-14-12-25/h3-10,20,23H,11-15H2,1-2H3/t20-/m1/s1. The molecule has 0 aromatic heterocycles. The molecule has 29 heavy (non-hydrogen) atoms. The summed E-state index contributed by atoms with van der Waals surface area (Å²) in [5.74, 6) is -0.403. The van der Waals surface area contributed by atoms with Gasteiger partial charge in [-0.1, -0.05) is 0 Å². The molecule has 7 heteroatoms. The van der Waals surface area contributed by atoms with Crippen molar-refractivity contribution in [3.05, 3.63) is 48.5 Å². The summed E-state index contributed by atoms with van der Waals surface area (Å²) in [6.07, 6.45) is 0.152. The highest BCUT2D eigenvalue weighted by Gasteiger charge is 2.39. The number of hydrogen-bond donors (Lipinski definition) is 1. The lowest BCUT2D eigenvalue weighted by molar-refractivity contribution is -0.121. The van der Waals surface area contributed by atoms with Crippen LogP contribution in [0.4, 0.5) is 22.7 Å². The molecule has 2 fully saturated rings. The number of anilines is 4.